The predicted molar refractivity (Wildman–Crippen MR) is 189 cm³/mol. The summed E-state index contributed by atoms with van der Waals surface area (Å²) in [7, 11) is -3.06. The van der Waals surface area contributed by atoms with E-state index >= 15 is 0 Å². The molecule has 0 saturated carbocycles. The number of aliphatic carboxylic acids is 2. The van der Waals surface area contributed by atoms with Crippen LogP contribution in [0.4, 0.5) is 56.8 Å². The van der Waals surface area contributed by atoms with E-state index in [0.717, 1.165) is 12.1 Å². The molecule has 3 aromatic rings. The number of nitrogens with zero attached hydrogens (tertiary/aromatic N) is 4. The average molecular weight is 879 g/mol. The number of sulfone groups is 1. The smallest absolute Gasteiger partial charge is 0.475 e. The fourth-order valence-electron chi connectivity index (χ4n) is 4.84. The molecule has 14 nitrogen and oxygen atoms in total. The number of fused-ring (bicyclic) bond motifs is 1. The minimum atomic E-state index is -5.08. The Balaban J connectivity index is 0.000000550. The van der Waals surface area contributed by atoms with Gasteiger partial charge in [-0.15, -0.1) is 0 Å². The molecule has 1 aromatic heterocycles. The molecule has 3 heterocycles. The van der Waals surface area contributed by atoms with Crippen molar-refractivity contribution in [1.29, 1.82) is 0 Å². The first-order valence-corrected chi connectivity index (χ1v) is 18.7. The van der Waals surface area contributed by atoms with Crippen molar-refractivity contribution in [1.82, 2.24) is 19.8 Å². The number of alkyl halides is 9. The standard InChI is InChI=1S/C29H30ClF3N6O4S.2C2HF3O2/c1-44(41,42)14-13-38-9-11-39(12-10-38)28(40)19-7-8-34-26-23(15-19)27(36-18-35-26)37-21-5-6-25(24(30)17-21)43-22-4-2-3-20(16-22)29(31,32)33;2*3-2(4,5)1(6)7/h2-6,15-18H,7-14H2,1H3,(H2,34,35,36,37);2*(H,6,7). The number of carboxylic acid groups (broad SMARTS) is 2. The number of ether oxygens (including phenoxy) is 1. The molecule has 25 heteroatoms. The van der Waals surface area contributed by atoms with Crippen molar-refractivity contribution in [3.05, 3.63) is 70.5 Å². The maximum absolute atomic E-state index is 13.5. The highest BCUT2D eigenvalue weighted by molar-refractivity contribution is 7.90. The van der Waals surface area contributed by atoms with Crippen LogP contribution in [0.25, 0.3) is 6.08 Å². The first-order valence-electron chi connectivity index (χ1n) is 16.3. The zero-order valence-electron chi connectivity index (χ0n) is 29.7. The molecule has 2 aliphatic rings. The van der Waals surface area contributed by atoms with E-state index in [4.69, 9.17) is 36.1 Å². The number of aromatic nitrogens is 2. The van der Waals surface area contributed by atoms with Gasteiger partial charge >= 0.3 is 30.5 Å². The van der Waals surface area contributed by atoms with Crippen LogP contribution in [0.1, 0.15) is 17.5 Å². The summed E-state index contributed by atoms with van der Waals surface area (Å²) in [6.45, 7) is 3.09. The molecule has 58 heavy (non-hydrogen) atoms. The summed E-state index contributed by atoms with van der Waals surface area (Å²) < 4.78 is 131. The number of hydrogen-bond donors (Lipinski definition) is 4. The van der Waals surface area contributed by atoms with E-state index in [1.54, 1.807) is 23.1 Å². The minimum absolute atomic E-state index is 0.00715. The molecule has 0 radical (unpaired) electrons. The number of nitrogens with one attached hydrogen (secondary N) is 2. The number of amides is 1. The Bertz CT molecular complexity index is 2070. The number of benzene rings is 2. The van der Waals surface area contributed by atoms with E-state index in [-0.39, 0.29) is 28.2 Å². The quantitative estimate of drug-likeness (QED) is 0.184. The van der Waals surface area contributed by atoms with Crippen LogP contribution in [0.3, 0.4) is 0 Å². The molecule has 0 unspecified atom stereocenters. The lowest BCUT2D eigenvalue weighted by atomic mass is 10.1. The fraction of sp³-hybridized carbons (Fsp3) is 0.364. The Morgan fingerprint density at radius 1 is 0.914 bits per heavy atom. The maximum Gasteiger partial charge on any atom is 0.490 e. The molecule has 2 aliphatic heterocycles. The Morgan fingerprint density at radius 2 is 1.52 bits per heavy atom. The average Bonchev–Trinajstić information content (AvgIpc) is 3.35. The van der Waals surface area contributed by atoms with Crippen LogP contribution >= 0.6 is 11.6 Å². The Hall–Kier alpha value is -5.36. The summed E-state index contributed by atoms with van der Waals surface area (Å²) >= 11 is 6.42. The van der Waals surface area contributed by atoms with Crippen LogP contribution in [0.2, 0.25) is 5.02 Å². The Morgan fingerprint density at radius 3 is 2.05 bits per heavy atom. The second-order valence-electron chi connectivity index (χ2n) is 12.1. The topological polar surface area (TPSA) is 191 Å². The van der Waals surface area contributed by atoms with Crippen LogP contribution < -0.4 is 15.4 Å². The van der Waals surface area contributed by atoms with Crippen LogP contribution in [-0.2, 0) is 30.4 Å². The maximum atomic E-state index is 13.5. The van der Waals surface area contributed by atoms with Crippen molar-refractivity contribution >= 4 is 62.7 Å². The summed E-state index contributed by atoms with van der Waals surface area (Å²) in [5, 5.41) is 20.8. The summed E-state index contributed by atoms with van der Waals surface area (Å²) in [6.07, 6.45) is -9.83. The van der Waals surface area contributed by atoms with Gasteiger partial charge in [0.2, 0.25) is 5.91 Å². The van der Waals surface area contributed by atoms with E-state index in [2.05, 4.69) is 20.6 Å². The van der Waals surface area contributed by atoms with Crippen molar-refractivity contribution in [2.75, 3.05) is 61.9 Å². The van der Waals surface area contributed by atoms with Crippen LogP contribution in [-0.4, -0.2) is 120 Å². The SMILES string of the molecule is CS(=O)(=O)CCN1CCN(C(=O)C2=Cc3c(ncnc3Nc3ccc(Oc4cccc(C(F)(F)F)c4)c(Cl)c3)NCC2)CC1.O=C(O)C(F)(F)F.O=C(O)C(F)(F)F. The lowest BCUT2D eigenvalue weighted by molar-refractivity contribution is -0.193. The zero-order valence-corrected chi connectivity index (χ0v) is 31.2. The molecular formula is C33H32ClF9N6O8S. The second kappa shape index (κ2) is 19.4. The minimum Gasteiger partial charge on any atom is -0.475 e. The van der Waals surface area contributed by atoms with Gasteiger partial charge in [0.25, 0.3) is 0 Å². The van der Waals surface area contributed by atoms with Crippen molar-refractivity contribution < 1.29 is 77.3 Å². The summed E-state index contributed by atoms with van der Waals surface area (Å²) in [4.78, 5) is 43.8. The van der Waals surface area contributed by atoms with Gasteiger partial charge in [-0.05, 0) is 48.9 Å². The highest BCUT2D eigenvalue weighted by Crippen LogP contribution is 2.37. The summed E-state index contributed by atoms with van der Waals surface area (Å²) in [5.74, 6) is -4.40. The third kappa shape index (κ3) is 14.9. The summed E-state index contributed by atoms with van der Waals surface area (Å²) in [5.41, 5.74) is 0.866. The predicted octanol–water partition coefficient (Wildman–Crippen LogP) is 6.34. The van der Waals surface area contributed by atoms with Crippen molar-refractivity contribution in [3.63, 3.8) is 0 Å². The second-order valence-corrected chi connectivity index (χ2v) is 14.8. The van der Waals surface area contributed by atoms with E-state index < -0.39 is 45.9 Å². The van der Waals surface area contributed by atoms with Gasteiger partial charge < -0.3 is 30.5 Å². The molecule has 1 saturated heterocycles. The van der Waals surface area contributed by atoms with Gasteiger partial charge in [0.1, 0.15) is 39.3 Å². The van der Waals surface area contributed by atoms with Gasteiger partial charge in [-0.3, -0.25) is 9.69 Å². The molecule has 1 fully saturated rings. The molecule has 0 atom stereocenters. The fourth-order valence-corrected chi connectivity index (χ4v) is 5.65. The third-order valence-corrected chi connectivity index (χ3v) is 8.89. The first kappa shape index (κ1) is 47.0. The molecule has 4 N–H and O–H groups in total. The highest BCUT2D eigenvalue weighted by atomic mass is 35.5. The number of carbonyl (C=O) groups excluding carboxylic acids is 1. The van der Waals surface area contributed by atoms with Gasteiger partial charge in [0.05, 0.1) is 21.9 Å². The van der Waals surface area contributed by atoms with E-state index in [9.17, 15) is 52.7 Å². The number of piperazine rings is 1. The van der Waals surface area contributed by atoms with E-state index in [1.807, 2.05) is 4.90 Å². The summed E-state index contributed by atoms with van der Waals surface area (Å²) in [6, 6.07) is 9.25. The lowest BCUT2D eigenvalue weighted by Crippen LogP contribution is -2.50. The number of anilines is 3. The van der Waals surface area contributed by atoms with Crippen LogP contribution in [0.15, 0.2) is 54.4 Å². The Labute approximate surface area is 328 Å². The molecular weight excluding hydrogens is 847 g/mol. The van der Waals surface area contributed by atoms with Gasteiger partial charge in [-0.25, -0.2) is 28.0 Å². The molecule has 5 rings (SSSR count). The molecule has 2 aromatic carbocycles. The number of rotatable bonds is 8. The molecule has 0 spiro atoms. The number of carboxylic acids is 2. The van der Waals surface area contributed by atoms with E-state index in [0.29, 0.717) is 74.1 Å². The Kier molecular flexibility index (Phi) is 15.7. The van der Waals surface area contributed by atoms with Gasteiger partial charge in [-0.2, -0.15) is 39.5 Å². The number of carbonyl (C=O) groups is 3. The molecule has 0 bridgehead atoms. The van der Waals surface area contributed by atoms with Gasteiger partial charge in [0.15, 0.2) is 0 Å². The number of hydrogen-bond acceptors (Lipinski definition) is 11. The first-order chi connectivity index (χ1) is 26.7. The molecule has 0 aliphatic carbocycles. The van der Waals surface area contributed by atoms with Crippen molar-refractivity contribution in [3.8, 4) is 11.5 Å². The van der Waals surface area contributed by atoms with Crippen LogP contribution in [0.5, 0.6) is 11.5 Å². The van der Waals surface area contributed by atoms with E-state index in [1.165, 1.54) is 30.8 Å². The van der Waals surface area contributed by atoms with Gasteiger partial charge in [0, 0.05) is 56.8 Å². The molecule has 1 amide bonds. The highest BCUT2D eigenvalue weighted by Gasteiger charge is 2.39. The van der Waals surface area contributed by atoms with Crippen molar-refractivity contribution in [2.45, 2.75) is 24.9 Å². The van der Waals surface area contributed by atoms with Crippen molar-refractivity contribution in [2.24, 2.45) is 0 Å². The largest absolute Gasteiger partial charge is 0.490 e. The molecule has 318 valence electrons. The third-order valence-electron chi connectivity index (χ3n) is 7.67. The number of halogens is 10. The zero-order chi connectivity index (χ0) is 43.6. The normalized spacial score (nSPS) is 14.8. The lowest BCUT2D eigenvalue weighted by Gasteiger charge is -2.35. The van der Waals surface area contributed by atoms with Crippen LogP contribution in [0, 0.1) is 0 Å². The monoisotopic (exact) mass is 878 g/mol. The van der Waals surface area contributed by atoms with Gasteiger partial charge in [-0.1, -0.05) is 17.7 Å².